The van der Waals surface area contributed by atoms with Crippen LogP contribution in [0.1, 0.15) is 22.7 Å². The molecule has 0 saturated carbocycles. The number of benzene rings is 3. The molecule has 3 aromatic carbocycles. The maximum absolute atomic E-state index is 13.3. The van der Waals surface area contributed by atoms with Crippen molar-refractivity contribution in [2.45, 2.75) is 19.0 Å². The molecule has 0 radical (unpaired) electrons. The molecule has 1 atom stereocenters. The number of carbonyl (C=O) groups is 2. The van der Waals surface area contributed by atoms with Gasteiger partial charge in [0.2, 0.25) is 11.8 Å². The van der Waals surface area contributed by atoms with Gasteiger partial charge in [0.1, 0.15) is 11.9 Å². The summed E-state index contributed by atoms with van der Waals surface area (Å²) in [5.41, 5.74) is 2.33. The fourth-order valence-electron chi connectivity index (χ4n) is 3.23. The van der Waals surface area contributed by atoms with Crippen molar-refractivity contribution in [3.63, 3.8) is 0 Å². The van der Waals surface area contributed by atoms with Crippen LogP contribution in [0.4, 0.5) is 4.39 Å². The van der Waals surface area contributed by atoms with E-state index in [-0.39, 0.29) is 30.6 Å². The largest absolute Gasteiger partial charge is 0.357 e. The van der Waals surface area contributed by atoms with Crippen LogP contribution in [0.25, 0.3) is 0 Å². The first-order valence-electron chi connectivity index (χ1n) is 9.43. The van der Waals surface area contributed by atoms with E-state index in [1.54, 1.807) is 24.1 Å². The van der Waals surface area contributed by atoms with Gasteiger partial charge in [0.15, 0.2) is 0 Å². The lowest BCUT2D eigenvalue weighted by Gasteiger charge is -2.31. The molecule has 1 N–H and O–H groups in total. The second kappa shape index (κ2) is 9.64. The Kier molecular flexibility index (Phi) is 6.74. The topological polar surface area (TPSA) is 49.4 Å². The van der Waals surface area contributed by atoms with E-state index in [9.17, 15) is 14.0 Å². The van der Waals surface area contributed by atoms with Crippen LogP contribution in [0.15, 0.2) is 84.9 Å². The van der Waals surface area contributed by atoms with E-state index in [0.717, 1.165) is 16.7 Å². The van der Waals surface area contributed by atoms with Gasteiger partial charge in [-0.1, -0.05) is 72.8 Å². The number of amides is 2. The lowest BCUT2D eigenvalue weighted by atomic mass is 10.0. The van der Waals surface area contributed by atoms with Gasteiger partial charge in [0.05, 0.1) is 6.42 Å². The Bertz CT molecular complexity index is 944. The van der Waals surface area contributed by atoms with Crippen LogP contribution in [0, 0.1) is 5.82 Å². The molecule has 0 fully saturated rings. The summed E-state index contributed by atoms with van der Waals surface area (Å²) in [6, 6.07) is 23.8. The summed E-state index contributed by atoms with van der Waals surface area (Å²) in [7, 11) is 1.55. The zero-order valence-corrected chi connectivity index (χ0v) is 16.2. The summed E-state index contributed by atoms with van der Waals surface area (Å²) < 4.78 is 13.3. The SMILES string of the molecule is CNC(=O)[C@@H](c1ccccc1)N(Cc1ccc(F)cc1)C(=O)Cc1ccccc1. The predicted molar refractivity (Wildman–Crippen MR) is 110 cm³/mol. The Balaban J connectivity index is 1.98. The molecule has 148 valence electrons. The zero-order valence-electron chi connectivity index (χ0n) is 16.2. The summed E-state index contributed by atoms with van der Waals surface area (Å²) in [5, 5.41) is 2.66. The summed E-state index contributed by atoms with van der Waals surface area (Å²) in [6.07, 6.45) is 0.169. The minimum absolute atomic E-state index is 0.169. The zero-order chi connectivity index (χ0) is 20.6. The molecule has 0 bridgehead atoms. The second-order valence-corrected chi connectivity index (χ2v) is 6.74. The molecule has 0 aromatic heterocycles. The van der Waals surface area contributed by atoms with Gasteiger partial charge in [-0.05, 0) is 28.8 Å². The maximum atomic E-state index is 13.3. The quantitative estimate of drug-likeness (QED) is 0.666. The highest BCUT2D eigenvalue weighted by Crippen LogP contribution is 2.25. The highest BCUT2D eigenvalue weighted by Gasteiger charge is 2.30. The molecule has 0 aliphatic carbocycles. The molecule has 0 saturated heterocycles. The van der Waals surface area contributed by atoms with Crippen molar-refractivity contribution < 1.29 is 14.0 Å². The molecule has 0 aliphatic rings. The number of halogens is 1. The number of hydrogen-bond donors (Lipinski definition) is 1. The molecule has 0 spiro atoms. The number of hydrogen-bond acceptors (Lipinski definition) is 2. The number of rotatable bonds is 7. The second-order valence-electron chi connectivity index (χ2n) is 6.74. The van der Waals surface area contributed by atoms with E-state index >= 15 is 0 Å². The summed E-state index contributed by atoms with van der Waals surface area (Å²) in [5.74, 6) is -0.806. The fourth-order valence-corrected chi connectivity index (χ4v) is 3.23. The van der Waals surface area contributed by atoms with Crippen LogP contribution in [0.5, 0.6) is 0 Å². The monoisotopic (exact) mass is 390 g/mol. The predicted octanol–water partition coefficient (Wildman–Crippen LogP) is 3.88. The van der Waals surface area contributed by atoms with E-state index in [1.165, 1.54) is 12.1 Å². The molecule has 0 aliphatic heterocycles. The Morgan fingerprint density at radius 3 is 2.03 bits per heavy atom. The van der Waals surface area contributed by atoms with Crippen LogP contribution in [-0.2, 0) is 22.6 Å². The minimum atomic E-state index is -0.789. The molecule has 0 unspecified atom stereocenters. The van der Waals surface area contributed by atoms with Gasteiger partial charge < -0.3 is 10.2 Å². The first-order chi connectivity index (χ1) is 14.1. The number of carbonyl (C=O) groups excluding carboxylic acids is 2. The third kappa shape index (κ3) is 5.29. The van der Waals surface area contributed by atoms with E-state index < -0.39 is 6.04 Å². The third-order valence-corrected chi connectivity index (χ3v) is 4.71. The van der Waals surface area contributed by atoms with E-state index in [1.807, 2.05) is 60.7 Å². The van der Waals surface area contributed by atoms with Gasteiger partial charge in [-0.3, -0.25) is 9.59 Å². The Labute approximate surface area is 170 Å². The van der Waals surface area contributed by atoms with Crippen molar-refractivity contribution in [3.05, 3.63) is 107 Å². The van der Waals surface area contributed by atoms with E-state index in [0.29, 0.717) is 0 Å². The average molecular weight is 390 g/mol. The van der Waals surface area contributed by atoms with Crippen molar-refractivity contribution in [1.29, 1.82) is 0 Å². The van der Waals surface area contributed by atoms with Crippen molar-refractivity contribution >= 4 is 11.8 Å². The van der Waals surface area contributed by atoms with Gasteiger partial charge in [0.25, 0.3) is 0 Å². The molecule has 0 heterocycles. The molecular formula is C24H23FN2O2. The Morgan fingerprint density at radius 1 is 0.862 bits per heavy atom. The maximum Gasteiger partial charge on any atom is 0.247 e. The first-order valence-corrected chi connectivity index (χ1v) is 9.43. The summed E-state index contributed by atoms with van der Waals surface area (Å²) in [6.45, 7) is 0.193. The van der Waals surface area contributed by atoms with Gasteiger partial charge in [-0.15, -0.1) is 0 Å². The molecule has 2 amide bonds. The molecule has 29 heavy (non-hydrogen) atoms. The van der Waals surface area contributed by atoms with Crippen LogP contribution in [0.2, 0.25) is 0 Å². The van der Waals surface area contributed by atoms with Crippen LogP contribution in [-0.4, -0.2) is 23.8 Å². The Morgan fingerprint density at radius 2 is 1.45 bits per heavy atom. The lowest BCUT2D eigenvalue weighted by molar-refractivity contribution is -0.141. The third-order valence-electron chi connectivity index (χ3n) is 4.71. The van der Waals surface area contributed by atoms with E-state index in [4.69, 9.17) is 0 Å². The van der Waals surface area contributed by atoms with Gasteiger partial charge >= 0.3 is 0 Å². The Hall–Kier alpha value is -3.47. The smallest absolute Gasteiger partial charge is 0.247 e. The van der Waals surface area contributed by atoms with E-state index in [2.05, 4.69) is 5.32 Å². The standard InChI is InChI=1S/C24H23FN2O2/c1-26-24(29)23(20-10-6-3-7-11-20)27(17-19-12-14-21(25)15-13-19)22(28)16-18-8-4-2-5-9-18/h2-15,23H,16-17H2,1H3,(H,26,29)/t23-/m1/s1. The molecule has 5 heteroatoms. The van der Waals surface area contributed by atoms with Crippen LogP contribution < -0.4 is 5.32 Å². The number of likely N-dealkylation sites (N-methyl/N-ethyl adjacent to an activating group) is 1. The fraction of sp³-hybridized carbons (Fsp3) is 0.167. The number of nitrogens with zero attached hydrogens (tertiary/aromatic N) is 1. The molecule has 3 aromatic rings. The van der Waals surface area contributed by atoms with Crippen molar-refractivity contribution in [1.82, 2.24) is 10.2 Å². The van der Waals surface area contributed by atoms with Crippen LogP contribution in [0.3, 0.4) is 0 Å². The molecular weight excluding hydrogens is 367 g/mol. The summed E-state index contributed by atoms with van der Waals surface area (Å²) >= 11 is 0. The van der Waals surface area contributed by atoms with Crippen molar-refractivity contribution in [3.8, 4) is 0 Å². The minimum Gasteiger partial charge on any atom is -0.357 e. The van der Waals surface area contributed by atoms with Crippen LogP contribution >= 0.6 is 0 Å². The lowest BCUT2D eigenvalue weighted by Crippen LogP contribution is -2.43. The highest BCUT2D eigenvalue weighted by atomic mass is 19.1. The number of nitrogens with one attached hydrogen (secondary N) is 1. The molecule has 4 nitrogen and oxygen atoms in total. The van der Waals surface area contributed by atoms with Gasteiger partial charge in [-0.25, -0.2) is 4.39 Å². The van der Waals surface area contributed by atoms with Gasteiger partial charge in [-0.2, -0.15) is 0 Å². The first kappa shape index (κ1) is 20.3. The normalized spacial score (nSPS) is 11.5. The van der Waals surface area contributed by atoms with Crippen molar-refractivity contribution in [2.24, 2.45) is 0 Å². The average Bonchev–Trinajstić information content (AvgIpc) is 2.76. The molecule has 3 rings (SSSR count). The highest BCUT2D eigenvalue weighted by molar-refractivity contribution is 5.89. The summed E-state index contributed by atoms with van der Waals surface area (Å²) in [4.78, 5) is 27.6. The van der Waals surface area contributed by atoms with Crippen molar-refractivity contribution in [2.75, 3.05) is 7.05 Å². The van der Waals surface area contributed by atoms with Gasteiger partial charge in [0, 0.05) is 13.6 Å².